The fourth-order valence-electron chi connectivity index (χ4n) is 1.41. The number of allylic oxidation sites excluding steroid dienone is 1. The molecule has 0 aliphatic heterocycles. The van der Waals surface area contributed by atoms with Gasteiger partial charge in [0.1, 0.15) is 0 Å². The fraction of sp³-hybridized carbons (Fsp3) is 0.308. The molecule has 0 unspecified atom stereocenters. The molecule has 0 heterocycles. The molecule has 0 amide bonds. The number of nitriles is 1. The predicted octanol–water partition coefficient (Wildman–Crippen LogP) is 3.09. The monoisotopic (exact) mass is 200 g/mol. The molecule has 1 rings (SSSR count). The Morgan fingerprint density at radius 3 is 2.67 bits per heavy atom. The molecule has 0 saturated carbocycles. The van der Waals surface area contributed by atoms with Gasteiger partial charge in [0.15, 0.2) is 0 Å². The summed E-state index contributed by atoms with van der Waals surface area (Å²) in [6, 6.07) is 8.07. The topological polar surface area (TPSA) is 27.0 Å². The van der Waals surface area contributed by atoms with Crippen molar-refractivity contribution in [3.8, 4) is 6.07 Å². The van der Waals surface area contributed by atoms with Crippen molar-refractivity contribution in [3.05, 3.63) is 41.6 Å². The summed E-state index contributed by atoms with van der Waals surface area (Å²) < 4.78 is 0. The van der Waals surface area contributed by atoms with E-state index in [1.807, 2.05) is 37.1 Å². The van der Waals surface area contributed by atoms with Crippen molar-refractivity contribution >= 4 is 5.69 Å². The molecule has 78 valence electrons. The molecule has 0 fully saturated rings. The Balaban J connectivity index is 3.15. The van der Waals surface area contributed by atoms with Crippen molar-refractivity contribution in [2.45, 2.75) is 20.3 Å². The lowest BCUT2D eigenvalue weighted by Crippen LogP contribution is -2.13. The van der Waals surface area contributed by atoms with Crippen LogP contribution in [0.15, 0.2) is 30.5 Å². The molecule has 0 atom stereocenters. The lowest BCUT2D eigenvalue weighted by atomic mass is 10.0. The number of benzene rings is 1. The van der Waals surface area contributed by atoms with Gasteiger partial charge in [-0.05, 0) is 37.1 Å². The van der Waals surface area contributed by atoms with Gasteiger partial charge in [-0.15, -0.1) is 0 Å². The first-order chi connectivity index (χ1) is 7.10. The van der Waals surface area contributed by atoms with Crippen LogP contribution in [0.4, 0.5) is 5.69 Å². The minimum absolute atomic E-state index is 0.761. The highest BCUT2D eigenvalue weighted by molar-refractivity contribution is 5.56. The minimum Gasteiger partial charge on any atom is -0.349 e. The number of nitrogens with zero attached hydrogens (tertiary/aromatic N) is 2. The summed E-state index contributed by atoms with van der Waals surface area (Å²) in [6.45, 7) is 7.91. The van der Waals surface area contributed by atoms with Gasteiger partial charge < -0.3 is 4.90 Å². The Bertz CT molecular complexity index is 413. The van der Waals surface area contributed by atoms with Gasteiger partial charge in [-0.3, -0.25) is 0 Å². The highest BCUT2D eigenvalue weighted by Crippen LogP contribution is 2.21. The third kappa shape index (κ3) is 2.38. The largest absolute Gasteiger partial charge is 0.349 e. The molecule has 15 heavy (non-hydrogen) atoms. The van der Waals surface area contributed by atoms with Crippen LogP contribution < -0.4 is 4.90 Å². The molecule has 0 spiro atoms. The summed E-state index contributed by atoms with van der Waals surface area (Å²) in [4.78, 5) is 2.01. The maximum atomic E-state index is 8.91. The maximum absolute atomic E-state index is 8.91. The molecule has 0 aliphatic carbocycles. The van der Waals surface area contributed by atoms with Gasteiger partial charge in [0.2, 0.25) is 0 Å². The highest BCUT2D eigenvalue weighted by Gasteiger charge is 2.05. The van der Waals surface area contributed by atoms with E-state index in [0.717, 1.165) is 28.9 Å². The van der Waals surface area contributed by atoms with Crippen molar-refractivity contribution in [1.82, 2.24) is 0 Å². The average molecular weight is 200 g/mol. The average Bonchev–Trinajstić information content (AvgIpc) is 2.26. The van der Waals surface area contributed by atoms with Crippen LogP contribution in [0, 0.1) is 11.3 Å². The fourth-order valence-corrected chi connectivity index (χ4v) is 1.41. The lowest BCUT2D eigenvalue weighted by Gasteiger charge is -2.20. The van der Waals surface area contributed by atoms with E-state index in [2.05, 4.69) is 19.6 Å². The molecule has 1 aromatic rings. The molecule has 2 nitrogen and oxygen atoms in total. The summed E-state index contributed by atoms with van der Waals surface area (Å²) in [5.41, 5.74) is 3.92. The van der Waals surface area contributed by atoms with Crippen LogP contribution in [0.5, 0.6) is 0 Å². The molecule has 0 radical (unpaired) electrons. The normalized spacial score (nSPS) is 9.47. The second-order valence-corrected chi connectivity index (χ2v) is 3.60. The maximum Gasteiger partial charge on any atom is 0.0994 e. The van der Waals surface area contributed by atoms with Crippen molar-refractivity contribution in [3.63, 3.8) is 0 Å². The number of hydrogen-bond acceptors (Lipinski definition) is 2. The Hall–Kier alpha value is -1.75. The quantitative estimate of drug-likeness (QED) is 0.749. The van der Waals surface area contributed by atoms with E-state index < -0.39 is 0 Å². The van der Waals surface area contributed by atoms with Gasteiger partial charge in [-0.2, -0.15) is 5.26 Å². The van der Waals surface area contributed by atoms with Crippen molar-refractivity contribution in [1.29, 1.82) is 5.26 Å². The second kappa shape index (κ2) is 4.65. The van der Waals surface area contributed by atoms with Gasteiger partial charge in [-0.1, -0.05) is 13.5 Å². The van der Waals surface area contributed by atoms with E-state index in [1.165, 1.54) is 0 Å². The van der Waals surface area contributed by atoms with E-state index in [-0.39, 0.29) is 0 Å². The first kappa shape index (κ1) is 11.3. The summed E-state index contributed by atoms with van der Waals surface area (Å²) >= 11 is 0. The Morgan fingerprint density at radius 2 is 2.20 bits per heavy atom. The van der Waals surface area contributed by atoms with E-state index >= 15 is 0 Å². The summed E-state index contributed by atoms with van der Waals surface area (Å²) in [6.07, 6.45) is 0.876. The zero-order chi connectivity index (χ0) is 11.4. The van der Waals surface area contributed by atoms with Gasteiger partial charge in [-0.25, -0.2) is 0 Å². The minimum atomic E-state index is 0.761. The SMILES string of the molecule is C=C(C)N(C)c1ccc(C#N)c(CC)c1. The van der Waals surface area contributed by atoms with E-state index in [0.29, 0.717) is 0 Å². The Kier molecular flexibility index (Phi) is 3.51. The van der Waals surface area contributed by atoms with Crippen LogP contribution in [0.3, 0.4) is 0 Å². The molecule has 0 saturated heterocycles. The summed E-state index contributed by atoms with van der Waals surface area (Å²) in [5.74, 6) is 0. The van der Waals surface area contributed by atoms with Crippen LogP contribution in [-0.2, 0) is 6.42 Å². The van der Waals surface area contributed by atoms with E-state index in [9.17, 15) is 0 Å². The first-order valence-corrected chi connectivity index (χ1v) is 5.02. The third-order valence-electron chi connectivity index (χ3n) is 2.55. The molecule has 2 heteroatoms. The molecule has 0 bridgehead atoms. The summed E-state index contributed by atoms with van der Waals surface area (Å²) in [7, 11) is 1.98. The molecule has 0 aliphatic rings. The first-order valence-electron chi connectivity index (χ1n) is 5.02. The van der Waals surface area contributed by atoms with Crippen LogP contribution in [0.2, 0.25) is 0 Å². The van der Waals surface area contributed by atoms with Crippen molar-refractivity contribution < 1.29 is 0 Å². The van der Waals surface area contributed by atoms with Crippen molar-refractivity contribution in [2.24, 2.45) is 0 Å². The third-order valence-corrected chi connectivity index (χ3v) is 2.55. The van der Waals surface area contributed by atoms with Crippen LogP contribution in [0.1, 0.15) is 25.0 Å². The lowest BCUT2D eigenvalue weighted by molar-refractivity contribution is 1.07. The predicted molar refractivity (Wildman–Crippen MR) is 63.8 cm³/mol. The van der Waals surface area contributed by atoms with Crippen molar-refractivity contribution in [2.75, 3.05) is 11.9 Å². The van der Waals surface area contributed by atoms with Gasteiger partial charge >= 0.3 is 0 Å². The van der Waals surface area contributed by atoms with Gasteiger partial charge in [0.05, 0.1) is 11.6 Å². The van der Waals surface area contributed by atoms with Crippen LogP contribution in [0.25, 0.3) is 0 Å². The van der Waals surface area contributed by atoms with E-state index in [4.69, 9.17) is 5.26 Å². The highest BCUT2D eigenvalue weighted by atomic mass is 15.1. The zero-order valence-corrected chi connectivity index (χ0v) is 9.54. The molecular formula is C13H16N2. The number of anilines is 1. The smallest absolute Gasteiger partial charge is 0.0994 e. The molecular weight excluding hydrogens is 184 g/mol. The molecule has 0 N–H and O–H groups in total. The van der Waals surface area contributed by atoms with E-state index in [1.54, 1.807) is 0 Å². The molecule has 1 aromatic carbocycles. The standard InChI is InChI=1S/C13H16N2/c1-5-11-8-13(15(4)10(2)3)7-6-12(11)9-14/h6-8H,2,5H2,1,3-4H3. The number of rotatable bonds is 3. The van der Waals surface area contributed by atoms with Gasteiger partial charge in [0, 0.05) is 18.4 Å². The Morgan fingerprint density at radius 1 is 1.53 bits per heavy atom. The molecule has 0 aromatic heterocycles. The van der Waals surface area contributed by atoms with Gasteiger partial charge in [0.25, 0.3) is 0 Å². The zero-order valence-electron chi connectivity index (χ0n) is 9.54. The summed E-state index contributed by atoms with van der Waals surface area (Å²) in [5, 5.41) is 8.91. The number of hydrogen-bond donors (Lipinski definition) is 0. The van der Waals surface area contributed by atoms with Crippen LogP contribution >= 0.6 is 0 Å². The Labute approximate surface area is 91.4 Å². The van der Waals surface area contributed by atoms with Crippen LogP contribution in [-0.4, -0.2) is 7.05 Å². The second-order valence-electron chi connectivity index (χ2n) is 3.60. The number of aryl methyl sites for hydroxylation is 1.